The standard InChI is InChI=1S/C29H30F4N6OS/c1-17-12-18(2)39(35-17)16-27(40)38-11-10-36(14-19(38)3)25-7-5-23(29(31,32)33)21-8-9-37(15-22(21)25)28-34-24-6-4-20(30)13-26(24)41-28/h4-7,12-13,19H,8-11,14-16H2,1-3H3. The fraction of sp³-hybridized carbons (Fsp3) is 0.414. The summed E-state index contributed by atoms with van der Waals surface area (Å²) in [6, 6.07) is 8.95. The number of thiazole rings is 1. The van der Waals surface area contributed by atoms with Gasteiger partial charge >= 0.3 is 6.18 Å². The van der Waals surface area contributed by atoms with Crippen molar-refractivity contribution in [2.45, 2.75) is 52.5 Å². The summed E-state index contributed by atoms with van der Waals surface area (Å²) in [5, 5.41) is 5.06. The molecule has 1 fully saturated rings. The van der Waals surface area contributed by atoms with Gasteiger partial charge in [0.2, 0.25) is 5.91 Å². The van der Waals surface area contributed by atoms with Crippen LogP contribution in [0.3, 0.4) is 0 Å². The van der Waals surface area contributed by atoms with Gasteiger partial charge in [0, 0.05) is 50.1 Å². The second-order valence-electron chi connectivity index (χ2n) is 10.8. The lowest BCUT2D eigenvalue weighted by Gasteiger charge is -2.43. The zero-order valence-electron chi connectivity index (χ0n) is 23.0. The highest BCUT2D eigenvalue weighted by molar-refractivity contribution is 7.22. The van der Waals surface area contributed by atoms with Crippen molar-refractivity contribution in [3.05, 3.63) is 70.3 Å². The Bertz CT molecular complexity index is 1630. The molecule has 1 saturated heterocycles. The number of rotatable bonds is 4. The van der Waals surface area contributed by atoms with Crippen LogP contribution in [0.15, 0.2) is 36.4 Å². The first-order valence-electron chi connectivity index (χ1n) is 13.6. The van der Waals surface area contributed by atoms with Crippen molar-refractivity contribution in [2.75, 3.05) is 36.0 Å². The topological polar surface area (TPSA) is 57.5 Å². The van der Waals surface area contributed by atoms with Gasteiger partial charge in [-0.25, -0.2) is 9.37 Å². The number of amides is 1. The van der Waals surface area contributed by atoms with Crippen molar-refractivity contribution < 1.29 is 22.4 Å². The number of fused-ring (bicyclic) bond motifs is 2. The van der Waals surface area contributed by atoms with Gasteiger partial charge in [0.05, 0.1) is 21.5 Å². The second-order valence-corrected chi connectivity index (χ2v) is 11.8. The normalized spacial score (nSPS) is 17.8. The molecule has 0 bridgehead atoms. The van der Waals surface area contributed by atoms with Crippen molar-refractivity contribution in [3.8, 4) is 0 Å². The number of hydrogen-bond donors (Lipinski definition) is 0. The van der Waals surface area contributed by atoms with Crippen LogP contribution in [0.5, 0.6) is 0 Å². The summed E-state index contributed by atoms with van der Waals surface area (Å²) >= 11 is 1.34. The van der Waals surface area contributed by atoms with Crippen molar-refractivity contribution in [3.63, 3.8) is 0 Å². The third-order valence-electron chi connectivity index (χ3n) is 7.98. The molecule has 2 aromatic heterocycles. The molecule has 1 amide bonds. The number of anilines is 2. The molecule has 2 aromatic carbocycles. The van der Waals surface area contributed by atoms with Crippen molar-refractivity contribution >= 4 is 38.3 Å². The number of alkyl halides is 3. The summed E-state index contributed by atoms with van der Waals surface area (Å²) in [7, 11) is 0. The number of hydrogen-bond acceptors (Lipinski definition) is 6. The van der Waals surface area contributed by atoms with E-state index < -0.39 is 11.7 Å². The minimum Gasteiger partial charge on any atom is -0.367 e. The number of halogens is 4. The van der Waals surface area contributed by atoms with E-state index in [0.717, 1.165) is 17.1 Å². The summed E-state index contributed by atoms with van der Waals surface area (Å²) in [5.74, 6) is -0.383. The molecule has 2 aliphatic heterocycles. The van der Waals surface area contributed by atoms with Crippen LogP contribution in [-0.2, 0) is 30.5 Å². The van der Waals surface area contributed by atoms with E-state index in [2.05, 4.69) is 15.0 Å². The second kappa shape index (κ2) is 10.3. The van der Waals surface area contributed by atoms with E-state index in [1.165, 1.54) is 29.5 Å². The smallest absolute Gasteiger partial charge is 0.367 e. The van der Waals surface area contributed by atoms with Gasteiger partial charge in [0.15, 0.2) is 5.13 Å². The van der Waals surface area contributed by atoms with Crippen LogP contribution in [0, 0.1) is 19.7 Å². The first-order chi connectivity index (χ1) is 19.5. The maximum Gasteiger partial charge on any atom is 0.416 e. The number of carbonyl (C=O) groups excluding carboxylic acids is 1. The lowest BCUT2D eigenvalue weighted by molar-refractivity contribution is -0.138. The Morgan fingerprint density at radius 2 is 1.85 bits per heavy atom. The van der Waals surface area contributed by atoms with Crippen LogP contribution < -0.4 is 9.80 Å². The van der Waals surface area contributed by atoms with E-state index in [0.29, 0.717) is 52.7 Å². The summed E-state index contributed by atoms with van der Waals surface area (Å²) < 4.78 is 58.3. The van der Waals surface area contributed by atoms with Crippen LogP contribution in [0.1, 0.15) is 35.0 Å². The maximum atomic E-state index is 14.0. The zero-order chi connectivity index (χ0) is 29.1. The molecule has 0 aliphatic carbocycles. The van der Waals surface area contributed by atoms with E-state index in [-0.39, 0.29) is 37.3 Å². The average molecular weight is 587 g/mol. The molecule has 12 heteroatoms. The lowest BCUT2D eigenvalue weighted by Crippen LogP contribution is -2.55. The molecule has 0 saturated carbocycles. The molecule has 0 radical (unpaired) electrons. The zero-order valence-corrected chi connectivity index (χ0v) is 23.8. The minimum absolute atomic E-state index is 0.0313. The first kappa shape index (κ1) is 27.5. The third-order valence-corrected chi connectivity index (χ3v) is 9.06. The van der Waals surface area contributed by atoms with Crippen molar-refractivity contribution in [1.82, 2.24) is 19.7 Å². The molecule has 41 heavy (non-hydrogen) atoms. The molecule has 1 unspecified atom stereocenters. The summed E-state index contributed by atoms with van der Waals surface area (Å²) in [6.07, 6.45) is -4.24. The number of piperazine rings is 1. The Hall–Kier alpha value is -3.67. The third kappa shape index (κ3) is 5.25. The van der Waals surface area contributed by atoms with Gasteiger partial charge in [-0.2, -0.15) is 18.3 Å². The largest absolute Gasteiger partial charge is 0.416 e. The van der Waals surface area contributed by atoms with E-state index in [1.807, 2.05) is 36.6 Å². The van der Waals surface area contributed by atoms with Gasteiger partial charge in [-0.1, -0.05) is 11.3 Å². The number of nitrogens with zero attached hydrogens (tertiary/aromatic N) is 6. The van der Waals surface area contributed by atoms with Gasteiger partial charge in [0.1, 0.15) is 12.4 Å². The number of benzene rings is 2. The molecular formula is C29H30F4N6OS. The van der Waals surface area contributed by atoms with E-state index in [9.17, 15) is 22.4 Å². The quantitative estimate of drug-likeness (QED) is 0.293. The molecule has 6 rings (SSSR count). The maximum absolute atomic E-state index is 14.0. The minimum atomic E-state index is -4.46. The molecule has 1 atom stereocenters. The predicted molar refractivity (Wildman–Crippen MR) is 151 cm³/mol. The number of aryl methyl sites for hydroxylation is 2. The molecule has 4 aromatic rings. The molecular weight excluding hydrogens is 556 g/mol. The van der Waals surface area contributed by atoms with Crippen LogP contribution >= 0.6 is 11.3 Å². The van der Waals surface area contributed by atoms with Gasteiger partial charge in [-0.3, -0.25) is 9.48 Å². The summed E-state index contributed by atoms with van der Waals surface area (Å²) in [5.41, 5.74) is 3.53. The van der Waals surface area contributed by atoms with Gasteiger partial charge in [-0.05, 0) is 74.7 Å². The molecule has 2 aliphatic rings. The Balaban J connectivity index is 1.27. The predicted octanol–water partition coefficient (Wildman–Crippen LogP) is 5.57. The van der Waals surface area contributed by atoms with Crippen molar-refractivity contribution in [2.24, 2.45) is 0 Å². The Morgan fingerprint density at radius 1 is 1.05 bits per heavy atom. The van der Waals surface area contributed by atoms with Gasteiger partial charge in [0.25, 0.3) is 0 Å². The van der Waals surface area contributed by atoms with Crippen LogP contribution in [0.25, 0.3) is 10.2 Å². The van der Waals surface area contributed by atoms with Crippen molar-refractivity contribution in [1.29, 1.82) is 0 Å². The molecule has 0 spiro atoms. The summed E-state index contributed by atoms with van der Waals surface area (Å²) in [4.78, 5) is 23.7. The highest BCUT2D eigenvalue weighted by Gasteiger charge is 2.38. The van der Waals surface area contributed by atoms with Gasteiger partial charge in [-0.15, -0.1) is 0 Å². The fourth-order valence-electron chi connectivity index (χ4n) is 6.01. The highest BCUT2D eigenvalue weighted by Crippen LogP contribution is 2.41. The Kier molecular flexibility index (Phi) is 6.91. The van der Waals surface area contributed by atoms with Gasteiger partial charge < -0.3 is 14.7 Å². The average Bonchev–Trinajstić information content (AvgIpc) is 3.48. The first-order valence-corrected chi connectivity index (χ1v) is 14.4. The number of aromatic nitrogens is 3. The van der Waals surface area contributed by atoms with E-state index in [4.69, 9.17) is 0 Å². The number of carbonyl (C=O) groups is 1. The van der Waals surface area contributed by atoms with Crippen LogP contribution in [-0.4, -0.2) is 57.8 Å². The highest BCUT2D eigenvalue weighted by atomic mass is 32.1. The Morgan fingerprint density at radius 3 is 2.56 bits per heavy atom. The van der Waals surface area contributed by atoms with E-state index >= 15 is 0 Å². The van der Waals surface area contributed by atoms with Crippen LogP contribution in [0.2, 0.25) is 0 Å². The van der Waals surface area contributed by atoms with E-state index in [1.54, 1.807) is 16.8 Å². The monoisotopic (exact) mass is 586 g/mol. The molecule has 0 N–H and O–H groups in total. The lowest BCUT2D eigenvalue weighted by atomic mass is 9.91. The van der Waals surface area contributed by atoms with Crippen LogP contribution in [0.4, 0.5) is 28.4 Å². The molecule has 4 heterocycles. The molecule has 216 valence electrons. The Labute approximate surface area is 239 Å². The molecule has 7 nitrogen and oxygen atoms in total. The fourth-order valence-corrected chi connectivity index (χ4v) is 7.02. The summed E-state index contributed by atoms with van der Waals surface area (Å²) in [6.45, 7) is 8.04. The SMILES string of the molecule is Cc1cc(C)n(CC(=O)N2CCN(c3ccc(C(F)(F)F)c4c3CN(c3nc5ccc(F)cc5s3)CC4)CC2C)n1.